The zero-order chi connectivity index (χ0) is 10.7. The fraction of sp³-hybridized carbons (Fsp3) is 0.500. The maximum absolute atomic E-state index is 13.7. The lowest BCUT2D eigenvalue weighted by molar-refractivity contribution is 0.338. The third kappa shape index (κ3) is 2.29. The van der Waals surface area contributed by atoms with E-state index in [1.165, 1.54) is 6.07 Å². The van der Waals surface area contributed by atoms with Crippen molar-refractivity contribution in [1.82, 2.24) is 5.32 Å². The maximum Gasteiger partial charge on any atom is 0.130 e. The summed E-state index contributed by atoms with van der Waals surface area (Å²) < 4.78 is 19.0. The van der Waals surface area contributed by atoms with Crippen LogP contribution in [0.15, 0.2) is 18.2 Å². The molecule has 2 rings (SSSR count). The number of hydrogen-bond acceptors (Lipinski definition) is 2. The van der Waals surface area contributed by atoms with Gasteiger partial charge in [-0.25, -0.2) is 4.39 Å². The third-order valence-electron chi connectivity index (χ3n) is 2.78. The summed E-state index contributed by atoms with van der Waals surface area (Å²) in [7, 11) is 0. The molecule has 1 fully saturated rings. The molecule has 0 saturated carbocycles. The molecule has 0 spiro atoms. The Labute approximate surface area is 89.4 Å². The van der Waals surface area contributed by atoms with Gasteiger partial charge in [0.2, 0.25) is 0 Å². The fourth-order valence-corrected chi connectivity index (χ4v) is 2.02. The average molecular weight is 209 g/mol. The molecule has 1 aliphatic rings. The summed E-state index contributed by atoms with van der Waals surface area (Å²) in [5.41, 5.74) is 0.809. The van der Waals surface area contributed by atoms with E-state index >= 15 is 0 Å². The topological polar surface area (TPSA) is 21.3 Å². The smallest absolute Gasteiger partial charge is 0.130 e. The Balaban J connectivity index is 2.18. The quantitative estimate of drug-likeness (QED) is 0.824. The summed E-state index contributed by atoms with van der Waals surface area (Å²) in [6.07, 6.45) is 1.02. The fourth-order valence-electron chi connectivity index (χ4n) is 2.02. The lowest BCUT2D eigenvalue weighted by atomic mass is 9.98. The normalized spacial score (nSPS) is 20.5. The van der Waals surface area contributed by atoms with E-state index in [4.69, 9.17) is 4.74 Å². The molecular formula is C12H16FNO. The molecule has 1 aromatic carbocycles. The van der Waals surface area contributed by atoms with Gasteiger partial charge >= 0.3 is 0 Å². The van der Waals surface area contributed by atoms with Crippen LogP contribution in [0.4, 0.5) is 4.39 Å². The lowest BCUT2D eigenvalue weighted by Crippen LogP contribution is -2.09. The van der Waals surface area contributed by atoms with E-state index in [9.17, 15) is 4.39 Å². The first-order valence-electron chi connectivity index (χ1n) is 5.44. The van der Waals surface area contributed by atoms with Gasteiger partial charge in [-0.3, -0.25) is 0 Å². The highest BCUT2D eigenvalue weighted by atomic mass is 19.1. The van der Waals surface area contributed by atoms with Crippen molar-refractivity contribution in [1.29, 1.82) is 0 Å². The van der Waals surface area contributed by atoms with E-state index in [-0.39, 0.29) is 5.82 Å². The Kier molecular flexibility index (Phi) is 3.21. The molecule has 1 aliphatic heterocycles. The highest BCUT2D eigenvalue weighted by Crippen LogP contribution is 2.27. The molecule has 1 saturated heterocycles. The molecule has 15 heavy (non-hydrogen) atoms. The van der Waals surface area contributed by atoms with Gasteiger partial charge in [-0.15, -0.1) is 0 Å². The summed E-state index contributed by atoms with van der Waals surface area (Å²) >= 11 is 0. The van der Waals surface area contributed by atoms with Crippen molar-refractivity contribution in [3.8, 4) is 5.75 Å². The number of halogens is 1. The van der Waals surface area contributed by atoms with Gasteiger partial charge in [0.05, 0.1) is 6.61 Å². The van der Waals surface area contributed by atoms with E-state index in [1.54, 1.807) is 0 Å². The Morgan fingerprint density at radius 2 is 2.40 bits per heavy atom. The van der Waals surface area contributed by atoms with Crippen LogP contribution in [0.2, 0.25) is 0 Å². The van der Waals surface area contributed by atoms with Crippen LogP contribution in [0.3, 0.4) is 0 Å². The first-order valence-corrected chi connectivity index (χ1v) is 5.44. The molecule has 1 heterocycles. The largest absolute Gasteiger partial charge is 0.494 e. The van der Waals surface area contributed by atoms with E-state index in [1.807, 2.05) is 19.1 Å². The highest BCUT2D eigenvalue weighted by Gasteiger charge is 2.19. The Hall–Kier alpha value is -1.09. The van der Waals surface area contributed by atoms with Crippen LogP contribution in [0.5, 0.6) is 5.75 Å². The van der Waals surface area contributed by atoms with Gasteiger partial charge < -0.3 is 10.1 Å². The average Bonchev–Trinajstić information content (AvgIpc) is 2.71. The van der Waals surface area contributed by atoms with Gasteiger partial charge in [0, 0.05) is 18.5 Å². The monoisotopic (exact) mass is 209 g/mol. The van der Waals surface area contributed by atoms with Crippen LogP contribution in [-0.2, 0) is 0 Å². The lowest BCUT2D eigenvalue weighted by Gasteiger charge is -2.11. The van der Waals surface area contributed by atoms with Crippen LogP contribution in [0.25, 0.3) is 0 Å². The molecule has 1 N–H and O–H groups in total. The summed E-state index contributed by atoms with van der Waals surface area (Å²) in [6.45, 7) is 4.33. The van der Waals surface area contributed by atoms with Crippen molar-refractivity contribution in [2.45, 2.75) is 19.3 Å². The standard InChI is InChI=1S/C12H16FNO/c1-2-15-10-3-4-11(12(13)7-10)9-5-6-14-8-9/h3-4,7,9,14H,2,5-6,8H2,1H3. The molecule has 2 nitrogen and oxygen atoms in total. The van der Waals surface area contributed by atoms with Crippen LogP contribution in [-0.4, -0.2) is 19.7 Å². The predicted molar refractivity (Wildman–Crippen MR) is 57.8 cm³/mol. The van der Waals surface area contributed by atoms with Gasteiger partial charge in [-0.1, -0.05) is 6.07 Å². The number of benzene rings is 1. The first kappa shape index (κ1) is 10.4. The van der Waals surface area contributed by atoms with Crippen molar-refractivity contribution >= 4 is 0 Å². The van der Waals surface area contributed by atoms with Crippen LogP contribution in [0, 0.1) is 5.82 Å². The SMILES string of the molecule is CCOc1ccc(C2CCNC2)c(F)c1. The van der Waals surface area contributed by atoms with Crippen molar-refractivity contribution in [3.05, 3.63) is 29.6 Å². The second-order valence-electron chi connectivity index (χ2n) is 3.81. The Morgan fingerprint density at radius 1 is 1.53 bits per heavy atom. The van der Waals surface area contributed by atoms with Gasteiger partial charge in [0.1, 0.15) is 11.6 Å². The number of hydrogen-bond donors (Lipinski definition) is 1. The summed E-state index contributed by atoms with van der Waals surface area (Å²) in [4.78, 5) is 0. The number of rotatable bonds is 3. The second-order valence-corrected chi connectivity index (χ2v) is 3.81. The molecule has 3 heteroatoms. The summed E-state index contributed by atoms with van der Waals surface area (Å²) in [5, 5.41) is 3.24. The highest BCUT2D eigenvalue weighted by molar-refractivity contribution is 5.31. The van der Waals surface area contributed by atoms with Gasteiger partial charge in [0.25, 0.3) is 0 Å². The summed E-state index contributed by atoms with van der Waals surface area (Å²) in [6, 6.07) is 5.18. The number of nitrogens with one attached hydrogen (secondary N) is 1. The Morgan fingerprint density at radius 3 is 3.00 bits per heavy atom. The second kappa shape index (κ2) is 4.62. The maximum atomic E-state index is 13.7. The zero-order valence-electron chi connectivity index (χ0n) is 8.92. The third-order valence-corrected chi connectivity index (χ3v) is 2.78. The molecule has 0 amide bonds. The molecule has 1 atom stereocenters. The Bertz CT molecular complexity index is 334. The number of ether oxygens (including phenoxy) is 1. The molecule has 82 valence electrons. The van der Waals surface area contributed by atoms with Crippen LogP contribution in [0.1, 0.15) is 24.8 Å². The molecular weight excluding hydrogens is 193 g/mol. The van der Waals surface area contributed by atoms with E-state index < -0.39 is 0 Å². The molecule has 0 aromatic heterocycles. The van der Waals surface area contributed by atoms with Crippen LogP contribution < -0.4 is 10.1 Å². The predicted octanol–water partition coefficient (Wildman–Crippen LogP) is 2.30. The molecule has 0 aliphatic carbocycles. The van der Waals surface area contributed by atoms with Crippen molar-refractivity contribution in [2.24, 2.45) is 0 Å². The molecule has 0 radical (unpaired) electrons. The van der Waals surface area contributed by atoms with Gasteiger partial charge in [-0.05, 0) is 31.5 Å². The molecule has 0 bridgehead atoms. The first-order chi connectivity index (χ1) is 7.31. The van der Waals surface area contributed by atoms with E-state index in [2.05, 4.69) is 5.32 Å². The minimum absolute atomic E-state index is 0.144. The van der Waals surface area contributed by atoms with Crippen molar-refractivity contribution in [3.63, 3.8) is 0 Å². The minimum Gasteiger partial charge on any atom is -0.494 e. The van der Waals surface area contributed by atoms with E-state index in [0.29, 0.717) is 18.3 Å². The zero-order valence-corrected chi connectivity index (χ0v) is 8.92. The van der Waals surface area contributed by atoms with Gasteiger partial charge in [-0.2, -0.15) is 0 Å². The van der Waals surface area contributed by atoms with Crippen molar-refractivity contribution < 1.29 is 9.13 Å². The molecule has 1 aromatic rings. The molecule has 1 unspecified atom stereocenters. The van der Waals surface area contributed by atoms with Crippen molar-refractivity contribution in [2.75, 3.05) is 19.7 Å². The minimum atomic E-state index is -0.144. The summed E-state index contributed by atoms with van der Waals surface area (Å²) in [5.74, 6) is 0.792. The van der Waals surface area contributed by atoms with E-state index in [0.717, 1.165) is 25.1 Å². The van der Waals surface area contributed by atoms with Crippen LogP contribution >= 0.6 is 0 Å². The van der Waals surface area contributed by atoms with Gasteiger partial charge in [0.15, 0.2) is 0 Å².